The summed E-state index contributed by atoms with van der Waals surface area (Å²) in [5, 5.41) is 8.49. The summed E-state index contributed by atoms with van der Waals surface area (Å²) in [4.78, 5) is 11.7. The lowest BCUT2D eigenvalue weighted by atomic mass is 10.3. The third-order valence-electron chi connectivity index (χ3n) is 3.05. The van der Waals surface area contributed by atoms with Crippen LogP contribution in [-0.2, 0) is 11.3 Å². The first-order valence-corrected chi connectivity index (χ1v) is 8.14. The summed E-state index contributed by atoms with van der Waals surface area (Å²) in [7, 11) is 0. The Bertz CT molecular complexity index is 671. The van der Waals surface area contributed by atoms with E-state index in [9.17, 15) is 4.79 Å². The van der Waals surface area contributed by atoms with Crippen molar-refractivity contribution in [2.75, 3.05) is 13.2 Å². The molecule has 0 aliphatic rings. The van der Waals surface area contributed by atoms with Gasteiger partial charge in [-0.05, 0) is 37.6 Å². The summed E-state index contributed by atoms with van der Waals surface area (Å²) in [6, 6.07) is 6.83. The smallest absolute Gasteiger partial charge is 0.257 e. The third kappa shape index (κ3) is 5.30. The van der Waals surface area contributed by atoms with Crippen molar-refractivity contribution in [2.45, 2.75) is 19.9 Å². The normalized spacial score (nSPS) is 10.6. The first kappa shape index (κ1) is 17.9. The molecule has 1 heterocycles. The Balaban J connectivity index is 1.66. The highest BCUT2D eigenvalue weighted by molar-refractivity contribution is 6.41. The highest BCUT2D eigenvalue weighted by Crippen LogP contribution is 2.24. The number of halogens is 3. The van der Waals surface area contributed by atoms with Crippen LogP contribution in [0.1, 0.15) is 12.1 Å². The second-order valence-corrected chi connectivity index (χ2v) is 6.03. The molecule has 0 fully saturated rings. The van der Waals surface area contributed by atoms with Crippen LogP contribution in [0.3, 0.4) is 0 Å². The first-order chi connectivity index (χ1) is 11.0. The molecule has 2 rings (SSSR count). The van der Waals surface area contributed by atoms with Crippen molar-refractivity contribution in [1.29, 1.82) is 0 Å². The molecule has 1 N–H and O–H groups in total. The van der Waals surface area contributed by atoms with Gasteiger partial charge in [-0.1, -0.05) is 34.8 Å². The molecule has 1 amide bonds. The van der Waals surface area contributed by atoms with E-state index in [4.69, 9.17) is 39.5 Å². The fraction of sp³-hybridized carbons (Fsp3) is 0.333. The van der Waals surface area contributed by atoms with E-state index in [1.54, 1.807) is 35.9 Å². The van der Waals surface area contributed by atoms with Crippen LogP contribution < -0.4 is 10.1 Å². The van der Waals surface area contributed by atoms with E-state index < -0.39 is 0 Å². The molecule has 23 heavy (non-hydrogen) atoms. The average Bonchev–Trinajstić information content (AvgIpc) is 2.78. The molecule has 0 saturated heterocycles. The number of carbonyl (C=O) groups is 1. The zero-order chi connectivity index (χ0) is 16.8. The van der Waals surface area contributed by atoms with Crippen LogP contribution in [0.4, 0.5) is 0 Å². The molecule has 0 radical (unpaired) electrons. The molecule has 0 unspecified atom stereocenters. The van der Waals surface area contributed by atoms with Gasteiger partial charge in [0.15, 0.2) is 6.61 Å². The number of hydrogen-bond donors (Lipinski definition) is 1. The standard InChI is InChI=1S/C15H16Cl3N3O2/c1-10-14(17)15(18)21(20-10)8-2-7-19-13(22)9-23-12-5-3-11(16)4-6-12/h3-6H,2,7-9H2,1H3,(H,19,22). The number of carbonyl (C=O) groups excluding carboxylic acids is 1. The molecule has 0 spiro atoms. The maximum atomic E-state index is 11.7. The van der Waals surface area contributed by atoms with E-state index in [-0.39, 0.29) is 12.5 Å². The van der Waals surface area contributed by atoms with Crippen molar-refractivity contribution >= 4 is 40.7 Å². The maximum Gasteiger partial charge on any atom is 0.257 e. The predicted octanol–water partition coefficient (Wildman–Crippen LogP) is 3.74. The molecule has 0 atom stereocenters. The number of nitrogens with one attached hydrogen (secondary N) is 1. The summed E-state index contributed by atoms with van der Waals surface area (Å²) in [6.45, 7) is 2.82. The van der Waals surface area contributed by atoms with Gasteiger partial charge < -0.3 is 10.1 Å². The Morgan fingerprint density at radius 1 is 1.26 bits per heavy atom. The number of aromatic nitrogens is 2. The van der Waals surface area contributed by atoms with E-state index in [2.05, 4.69) is 10.4 Å². The molecule has 0 aliphatic carbocycles. The molecule has 1 aromatic carbocycles. The second kappa shape index (κ2) is 8.43. The zero-order valence-corrected chi connectivity index (χ0v) is 14.8. The van der Waals surface area contributed by atoms with E-state index >= 15 is 0 Å². The maximum absolute atomic E-state index is 11.7. The molecule has 5 nitrogen and oxygen atoms in total. The summed E-state index contributed by atoms with van der Waals surface area (Å²) in [6.07, 6.45) is 0.684. The Labute approximate surface area is 149 Å². The Kier molecular flexibility index (Phi) is 6.57. The van der Waals surface area contributed by atoms with Gasteiger partial charge in [0.25, 0.3) is 5.91 Å². The average molecular weight is 377 g/mol. The lowest BCUT2D eigenvalue weighted by Gasteiger charge is -2.08. The van der Waals surface area contributed by atoms with Gasteiger partial charge in [-0.15, -0.1) is 0 Å². The molecule has 1 aromatic heterocycles. The monoisotopic (exact) mass is 375 g/mol. The summed E-state index contributed by atoms with van der Waals surface area (Å²) in [5.41, 5.74) is 0.692. The summed E-state index contributed by atoms with van der Waals surface area (Å²) in [5.74, 6) is 0.402. The van der Waals surface area contributed by atoms with Crippen molar-refractivity contribution in [3.8, 4) is 5.75 Å². The van der Waals surface area contributed by atoms with Gasteiger partial charge in [-0.3, -0.25) is 9.48 Å². The third-order valence-corrected chi connectivity index (χ3v) is 4.23. The number of benzene rings is 1. The van der Waals surface area contributed by atoms with Gasteiger partial charge in [0, 0.05) is 18.1 Å². The van der Waals surface area contributed by atoms with Crippen LogP contribution in [0.25, 0.3) is 0 Å². The van der Waals surface area contributed by atoms with Gasteiger partial charge in [0.2, 0.25) is 0 Å². The topological polar surface area (TPSA) is 56.2 Å². The lowest BCUT2D eigenvalue weighted by Crippen LogP contribution is -2.30. The number of rotatable bonds is 7. The molecular weight excluding hydrogens is 361 g/mol. The number of hydrogen-bond acceptors (Lipinski definition) is 3. The highest BCUT2D eigenvalue weighted by atomic mass is 35.5. The Morgan fingerprint density at radius 2 is 1.96 bits per heavy atom. The van der Waals surface area contributed by atoms with Crippen LogP contribution in [0.2, 0.25) is 15.2 Å². The number of ether oxygens (including phenoxy) is 1. The van der Waals surface area contributed by atoms with E-state index in [1.807, 2.05) is 0 Å². The van der Waals surface area contributed by atoms with Gasteiger partial charge in [-0.2, -0.15) is 5.10 Å². The van der Waals surface area contributed by atoms with Crippen molar-refractivity contribution in [1.82, 2.24) is 15.1 Å². The van der Waals surface area contributed by atoms with E-state index in [1.165, 1.54) is 0 Å². The largest absolute Gasteiger partial charge is 0.484 e. The fourth-order valence-electron chi connectivity index (χ4n) is 1.87. The van der Waals surface area contributed by atoms with Crippen LogP contribution in [0, 0.1) is 6.92 Å². The van der Waals surface area contributed by atoms with Crippen LogP contribution >= 0.6 is 34.8 Å². The number of nitrogens with zero attached hydrogens (tertiary/aromatic N) is 2. The van der Waals surface area contributed by atoms with Crippen molar-refractivity contribution in [3.05, 3.63) is 45.2 Å². The molecule has 0 saturated carbocycles. The Hall–Kier alpha value is -1.43. The van der Waals surface area contributed by atoms with Crippen molar-refractivity contribution in [3.63, 3.8) is 0 Å². The van der Waals surface area contributed by atoms with Gasteiger partial charge in [-0.25, -0.2) is 0 Å². The SMILES string of the molecule is Cc1nn(CCCNC(=O)COc2ccc(Cl)cc2)c(Cl)c1Cl. The van der Waals surface area contributed by atoms with Crippen LogP contribution in [0.15, 0.2) is 24.3 Å². The Morgan fingerprint density at radius 3 is 2.57 bits per heavy atom. The minimum absolute atomic E-state index is 0.0465. The van der Waals surface area contributed by atoms with Gasteiger partial charge in [0.05, 0.1) is 5.69 Å². The summed E-state index contributed by atoms with van der Waals surface area (Å²) < 4.78 is 6.97. The first-order valence-electron chi connectivity index (χ1n) is 7.01. The number of aryl methyl sites for hydroxylation is 2. The van der Waals surface area contributed by atoms with Crippen molar-refractivity contribution in [2.24, 2.45) is 0 Å². The second-order valence-electron chi connectivity index (χ2n) is 4.86. The predicted molar refractivity (Wildman–Crippen MR) is 91.6 cm³/mol. The highest BCUT2D eigenvalue weighted by Gasteiger charge is 2.10. The lowest BCUT2D eigenvalue weighted by molar-refractivity contribution is -0.123. The van der Waals surface area contributed by atoms with Crippen molar-refractivity contribution < 1.29 is 9.53 Å². The van der Waals surface area contributed by atoms with Gasteiger partial charge >= 0.3 is 0 Å². The quantitative estimate of drug-likeness (QED) is 0.749. The molecular formula is C15H16Cl3N3O2. The summed E-state index contributed by atoms with van der Waals surface area (Å²) >= 11 is 17.8. The molecule has 2 aromatic rings. The molecule has 124 valence electrons. The minimum Gasteiger partial charge on any atom is -0.484 e. The minimum atomic E-state index is -0.194. The fourth-order valence-corrected chi connectivity index (χ4v) is 2.39. The number of amides is 1. The zero-order valence-electron chi connectivity index (χ0n) is 12.5. The van der Waals surface area contributed by atoms with Gasteiger partial charge in [0.1, 0.15) is 15.9 Å². The van der Waals surface area contributed by atoms with Crippen LogP contribution in [0.5, 0.6) is 5.75 Å². The van der Waals surface area contributed by atoms with Crippen LogP contribution in [-0.4, -0.2) is 28.8 Å². The molecule has 8 heteroatoms. The molecule has 0 bridgehead atoms. The molecule has 0 aliphatic heterocycles. The van der Waals surface area contributed by atoms with E-state index in [0.717, 1.165) is 0 Å². The van der Waals surface area contributed by atoms with E-state index in [0.29, 0.717) is 46.2 Å².